The summed E-state index contributed by atoms with van der Waals surface area (Å²) >= 11 is 12.3. The molecule has 192 valence electrons. The zero-order chi connectivity index (χ0) is 26.4. The molecule has 3 heterocycles. The van der Waals surface area contributed by atoms with Gasteiger partial charge in [0.15, 0.2) is 5.82 Å². The third kappa shape index (κ3) is 6.59. The van der Waals surface area contributed by atoms with E-state index < -0.39 is 23.9 Å². The molecule has 0 unspecified atom stereocenters. The number of anilines is 1. The molecule has 1 saturated heterocycles. The van der Waals surface area contributed by atoms with Crippen LogP contribution in [0.5, 0.6) is 5.88 Å². The van der Waals surface area contributed by atoms with E-state index in [4.69, 9.17) is 53.5 Å². The van der Waals surface area contributed by atoms with Crippen LogP contribution in [0, 0.1) is 5.82 Å². The molecule has 36 heavy (non-hydrogen) atoms. The molecule has 1 fully saturated rings. The number of hydrogen-bond acceptors (Lipinski definition) is 8. The van der Waals surface area contributed by atoms with Gasteiger partial charge in [0.05, 0.1) is 29.2 Å². The third-order valence-corrected chi connectivity index (χ3v) is 6.02. The molecule has 4 rings (SSSR count). The number of nitrogens with two attached hydrogens (primary N) is 1. The number of carboxylic acids is 2. The molecule has 0 saturated carbocycles. The predicted octanol–water partition coefficient (Wildman–Crippen LogP) is 3.59. The van der Waals surface area contributed by atoms with Crippen molar-refractivity contribution in [2.45, 2.75) is 31.9 Å². The molecule has 1 aliphatic heterocycles. The van der Waals surface area contributed by atoms with Crippen molar-refractivity contribution in [3.05, 3.63) is 52.1 Å². The average Bonchev–Trinajstić information content (AvgIpc) is 3.34. The first-order chi connectivity index (χ1) is 17.1. The molecule has 3 aromatic rings. The summed E-state index contributed by atoms with van der Waals surface area (Å²) in [6, 6.07) is 2.99. The summed E-state index contributed by atoms with van der Waals surface area (Å²) in [6.45, 7) is 3.64. The third-order valence-electron chi connectivity index (χ3n) is 5.30. The van der Waals surface area contributed by atoms with E-state index in [-0.39, 0.29) is 16.7 Å². The first-order valence-corrected chi connectivity index (χ1v) is 11.5. The van der Waals surface area contributed by atoms with Crippen molar-refractivity contribution in [2.24, 2.45) is 0 Å². The van der Waals surface area contributed by atoms with Crippen LogP contribution in [0.4, 0.5) is 10.2 Å². The topological polar surface area (TPSA) is 165 Å². The predicted molar refractivity (Wildman–Crippen MR) is 130 cm³/mol. The minimum Gasteiger partial charge on any atom is -0.473 e. The second-order valence-electron chi connectivity index (χ2n) is 7.76. The number of aliphatic carboxylic acids is 2. The lowest BCUT2D eigenvalue weighted by Crippen LogP contribution is -2.29. The van der Waals surface area contributed by atoms with E-state index in [1.807, 2.05) is 10.9 Å². The van der Waals surface area contributed by atoms with Gasteiger partial charge in [-0.15, -0.1) is 0 Å². The van der Waals surface area contributed by atoms with Crippen LogP contribution < -0.4 is 15.8 Å². The summed E-state index contributed by atoms with van der Waals surface area (Å²) in [5, 5.41) is 22.8. The number of carboxylic acid groups (broad SMARTS) is 2. The van der Waals surface area contributed by atoms with E-state index in [0.29, 0.717) is 22.3 Å². The molecule has 11 nitrogen and oxygen atoms in total. The fourth-order valence-electron chi connectivity index (χ4n) is 3.49. The van der Waals surface area contributed by atoms with Gasteiger partial charge in [-0.25, -0.2) is 23.9 Å². The lowest BCUT2D eigenvalue weighted by atomic mass is 10.1. The van der Waals surface area contributed by atoms with Crippen LogP contribution in [-0.4, -0.2) is 55.0 Å². The van der Waals surface area contributed by atoms with Crippen LogP contribution in [0.1, 0.15) is 37.5 Å². The molecule has 1 atom stereocenters. The number of piperidine rings is 1. The fourth-order valence-corrected chi connectivity index (χ4v) is 4.17. The summed E-state index contributed by atoms with van der Waals surface area (Å²) in [5.41, 5.74) is 7.66. The first-order valence-electron chi connectivity index (χ1n) is 10.7. The Bertz CT molecular complexity index is 1240. The number of nitrogens with zero attached hydrogens (tertiary/aromatic N) is 4. The molecular weight excluding hydrogens is 518 g/mol. The van der Waals surface area contributed by atoms with Crippen molar-refractivity contribution in [1.82, 2.24) is 25.1 Å². The number of nitrogens with one attached hydrogen (secondary N) is 1. The highest BCUT2D eigenvalue weighted by molar-refractivity contribution is 6.36. The summed E-state index contributed by atoms with van der Waals surface area (Å²) in [6.07, 6.45) is 6.62. The van der Waals surface area contributed by atoms with Crippen LogP contribution in [0.15, 0.2) is 30.7 Å². The molecule has 0 bridgehead atoms. The van der Waals surface area contributed by atoms with Gasteiger partial charge in [-0.1, -0.05) is 23.2 Å². The maximum absolute atomic E-state index is 13.9. The summed E-state index contributed by atoms with van der Waals surface area (Å²) in [5.74, 6) is -4.00. The Morgan fingerprint density at radius 1 is 1.22 bits per heavy atom. The summed E-state index contributed by atoms with van der Waals surface area (Å²) in [4.78, 5) is 26.9. The average molecular weight is 541 g/mol. The quantitative estimate of drug-likeness (QED) is 0.277. The van der Waals surface area contributed by atoms with Gasteiger partial charge in [0.2, 0.25) is 0 Å². The van der Waals surface area contributed by atoms with E-state index in [9.17, 15) is 4.39 Å². The van der Waals surface area contributed by atoms with Gasteiger partial charge in [-0.3, -0.25) is 4.68 Å². The molecule has 0 aliphatic carbocycles. The second kappa shape index (κ2) is 12.0. The Balaban J connectivity index is 0.000000538. The van der Waals surface area contributed by atoms with Gasteiger partial charge in [-0.05, 0) is 45.0 Å². The van der Waals surface area contributed by atoms with Gasteiger partial charge >= 0.3 is 11.9 Å². The van der Waals surface area contributed by atoms with E-state index in [2.05, 4.69) is 20.4 Å². The zero-order valence-corrected chi connectivity index (χ0v) is 20.5. The Labute approximate surface area is 215 Å². The van der Waals surface area contributed by atoms with E-state index in [1.165, 1.54) is 12.1 Å². The minimum atomic E-state index is -1.82. The van der Waals surface area contributed by atoms with E-state index in [1.54, 1.807) is 19.3 Å². The number of rotatable bonds is 5. The number of benzene rings is 1. The van der Waals surface area contributed by atoms with Crippen molar-refractivity contribution in [1.29, 1.82) is 0 Å². The monoisotopic (exact) mass is 540 g/mol. The number of nitrogen functional groups attached to an aromatic ring is 1. The standard InChI is InChI=1S/C20H21Cl2FN6O.C2H2O4/c1-11(17-14(21)2-3-15(23)18(17)22)30-20-19(24)26-9-16(28-20)12-8-27-29(10-12)13-4-6-25-7-5-13;3-1(4)2(5)6/h2-3,8-11,13,25H,4-7H2,1H3,(H2,24,26);(H,3,4)(H,5,6)/t11-;/m1./s1. The summed E-state index contributed by atoms with van der Waals surface area (Å²) in [7, 11) is 0. The summed E-state index contributed by atoms with van der Waals surface area (Å²) < 4.78 is 21.7. The molecular formula is C22H23Cl2FN6O5. The van der Waals surface area contributed by atoms with Gasteiger partial charge < -0.3 is 26.0 Å². The van der Waals surface area contributed by atoms with E-state index >= 15 is 0 Å². The van der Waals surface area contributed by atoms with Crippen molar-refractivity contribution in [2.75, 3.05) is 18.8 Å². The molecule has 2 aromatic heterocycles. The van der Waals surface area contributed by atoms with Crippen molar-refractivity contribution in [3.8, 4) is 17.1 Å². The van der Waals surface area contributed by atoms with Crippen LogP contribution in [0.25, 0.3) is 11.3 Å². The Hall–Kier alpha value is -3.48. The lowest BCUT2D eigenvalue weighted by Gasteiger charge is -2.22. The molecule has 5 N–H and O–H groups in total. The van der Waals surface area contributed by atoms with Crippen LogP contribution in [-0.2, 0) is 9.59 Å². The molecule has 14 heteroatoms. The molecule has 0 radical (unpaired) electrons. The SMILES string of the molecule is C[C@@H](Oc1nc(-c2cnn(C3CCNCC3)c2)cnc1N)c1c(Cl)ccc(F)c1Cl.O=C(O)C(=O)O. The Kier molecular flexibility index (Phi) is 9.02. The Morgan fingerprint density at radius 3 is 2.53 bits per heavy atom. The minimum absolute atomic E-state index is 0.0964. The van der Waals surface area contributed by atoms with Crippen LogP contribution in [0.3, 0.4) is 0 Å². The number of halogens is 3. The largest absolute Gasteiger partial charge is 0.473 e. The van der Waals surface area contributed by atoms with Crippen molar-refractivity contribution in [3.63, 3.8) is 0 Å². The molecule has 0 amide bonds. The van der Waals surface area contributed by atoms with Crippen LogP contribution >= 0.6 is 23.2 Å². The molecule has 1 aromatic carbocycles. The Morgan fingerprint density at radius 2 is 1.89 bits per heavy atom. The molecule has 1 aliphatic rings. The number of aromatic nitrogens is 4. The second-order valence-corrected chi connectivity index (χ2v) is 8.55. The molecule has 0 spiro atoms. The van der Waals surface area contributed by atoms with Gasteiger partial charge in [0.25, 0.3) is 5.88 Å². The van der Waals surface area contributed by atoms with Gasteiger partial charge in [0.1, 0.15) is 11.9 Å². The number of carbonyl (C=O) groups is 2. The highest BCUT2D eigenvalue weighted by atomic mass is 35.5. The van der Waals surface area contributed by atoms with Gasteiger partial charge in [0, 0.05) is 22.3 Å². The highest BCUT2D eigenvalue weighted by Crippen LogP contribution is 2.35. The van der Waals surface area contributed by atoms with Crippen molar-refractivity contribution >= 4 is 41.0 Å². The van der Waals surface area contributed by atoms with Crippen molar-refractivity contribution < 1.29 is 28.9 Å². The maximum atomic E-state index is 13.9. The van der Waals surface area contributed by atoms with Crippen LogP contribution in [0.2, 0.25) is 10.0 Å². The number of hydrogen-bond donors (Lipinski definition) is 4. The van der Waals surface area contributed by atoms with Gasteiger partial charge in [-0.2, -0.15) is 5.10 Å². The number of ether oxygens (including phenoxy) is 1. The maximum Gasteiger partial charge on any atom is 0.414 e. The van der Waals surface area contributed by atoms with E-state index in [0.717, 1.165) is 31.5 Å². The smallest absolute Gasteiger partial charge is 0.414 e. The lowest BCUT2D eigenvalue weighted by molar-refractivity contribution is -0.159. The normalized spacial score (nSPS) is 14.4. The fraction of sp³-hybridized carbons (Fsp3) is 0.318. The highest BCUT2D eigenvalue weighted by Gasteiger charge is 2.21. The first kappa shape index (κ1) is 27.1. The zero-order valence-electron chi connectivity index (χ0n) is 19.0.